The van der Waals surface area contributed by atoms with Crippen LogP contribution in [0.3, 0.4) is 0 Å². The fourth-order valence-electron chi connectivity index (χ4n) is 3.85. The number of morpholine rings is 1. The summed E-state index contributed by atoms with van der Waals surface area (Å²) in [6.45, 7) is 4.70. The molecule has 2 aliphatic heterocycles. The van der Waals surface area contributed by atoms with Crippen molar-refractivity contribution in [2.45, 2.75) is 38.4 Å². The number of aromatic nitrogens is 1. The normalized spacial score (nSPS) is 23.8. The van der Waals surface area contributed by atoms with E-state index in [0.29, 0.717) is 12.1 Å². The van der Waals surface area contributed by atoms with E-state index in [1.807, 2.05) is 0 Å². The van der Waals surface area contributed by atoms with Crippen LogP contribution in [0.2, 0.25) is 0 Å². The molecule has 0 aliphatic carbocycles. The summed E-state index contributed by atoms with van der Waals surface area (Å²) in [6, 6.07) is 17.9. The van der Waals surface area contributed by atoms with Gasteiger partial charge >= 0.3 is 0 Å². The molecule has 2 aliphatic rings. The summed E-state index contributed by atoms with van der Waals surface area (Å²) in [7, 11) is 0. The summed E-state index contributed by atoms with van der Waals surface area (Å²) in [4.78, 5) is 7.27. The minimum atomic E-state index is 0.387. The molecule has 3 nitrogen and oxygen atoms in total. The summed E-state index contributed by atoms with van der Waals surface area (Å²) in [5.41, 5.74) is 5.16. The lowest BCUT2D eigenvalue weighted by molar-refractivity contribution is -0.0440. The van der Waals surface area contributed by atoms with Crippen molar-refractivity contribution in [2.75, 3.05) is 13.2 Å². The van der Waals surface area contributed by atoms with Gasteiger partial charge in [-0.25, -0.2) is 0 Å². The molecule has 1 saturated heterocycles. The third-order valence-corrected chi connectivity index (χ3v) is 4.98. The van der Waals surface area contributed by atoms with E-state index >= 15 is 0 Å². The fraction of sp³-hybridized carbons (Fsp3) is 0.381. The van der Waals surface area contributed by atoms with Crippen LogP contribution in [0.4, 0.5) is 0 Å². The Morgan fingerprint density at radius 2 is 1.96 bits per heavy atom. The van der Waals surface area contributed by atoms with Gasteiger partial charge in [0, 0.05) is 30.4 Å². The molecule has 2 unspecified atom stereocenters. The quantitative estimate of drug-likeness (QED) is 0.806. The van der Waals surface area contributed by atoms with Gasteiger partial charge in [0.1, 0.15) is 0 Å². The molecular weight excluding hydrogens is 296 g/mol. The van der Waals surface area contributed by atoms with Crippen LogP contribution in [0.1, 0.15) is 23.4 Å². The van der Waals surface area contributed by atoms with Crippen LogP contribution in [0.15, 0.2) is 60.2 Å². The Labute approximate surface area is 144 Å². The Bertz CT molecular complexity index is 726. The van der Waals surface area contributed by atoms with Crippen molar-refractivity contribution in [1.82, 2.24) is 9.88 Å². The van der Waals surface area contributed by atoms with Gasteiger partial charge in [-0.1, -0.05) is 48.0 Å². The highest BCUT2D eigenvalue weighted by molar-refractivity contribution is 5.24. The number of rotatable bonds is 4. The van der Waals surface area contributed by atoms with E-state index in [4.69, 9.17) is 4.74 Å². The van der Waals surface area contributed by atoms with Gasteiger partial charge in [-0.15, -0.1) is 0 Å². The Morgan fingerprint density at radius 3 is 2.75 bits per heavy atom. The summed E-state index contributed by atoms with van der Waals surface area (Å²) < 4.78 is 5.82. The van der Waals surface area contributed by atoms with E-state index in [1.165, 1.54) is 16.8 Å². The van der Waals surface area contributed by atoms with Gasteiger partial charge in [0.2, 0.25) is 0 Å². The first kappa shape index (κ1) is 15.6. The Morgan fingerprint density at radius 1 is 1.08 bits per heavy atom. The van der Waals surface area contributed by atoms with Gasteiger partial charge in [-0.3, -0.25) is 9.88 Å². The van der Waals surface area contributed by atoms with Gasteiger partial charge < -0.3 is 4.74 Å². The Balaban J connectivity index is 1.51. The zero-order chi connectivity index (χ0) is 16.4. The van der Waals surface area contributed by atoms with E-state index in [2.05, 4.69) is 71.4 Å². The zero-order valence-corrected chi connectivity index (χ0v) is 14.2. The minimum absolute atomic E-state index is 0.387. The van der Waals surface area contributed by atoms with Crippen LogP contribution in [0.5, 0.6) is 0 Å². The highest BCUT2D eigenvalue weighted by Crippen LogP contribution is 2.30. The van der Waals surface area contributed by atoms with Crippen molar-refractivity contribution in [3.05, 3.63) is 77.1 Å². The summed E-state index contributed by atoms with van der Waals surface area (Å²) in [5.74, 6) is 0. The topological polar surface area (TPSA) is 25.4 Å². The molecule has 3 heteroatoms. The molecule has 1 aromatic carbocycles. The van der Waals surface area contributed by atoms with Gasteiger partial charge in [0.15, 0.2) is 0 Å². The van der Waals surface area contributed by atoms with E-state index in [9.17, 15) is 0 Å². The van der Waals surface area contributed by atoms with E-state index in [-0.39, 0.29) is 0 Å². The highest BCUT2D eigenvalue weighted by Gasteiger charge is 2.34. The largest absolute Gasteiger partial charge is 0.378 e. The van der Waals surface area contributed by atoms with Gasteiger partial charge in [0.25, 0.3) is 0 Å². The Kier molecular flexibility index (Phi) is 4.46. The molecule has 0 radical (unpaired) electrons. The molecule has 124 valence electrons. The molecule has 2 atom stereocenters. The number of benzene rings is 1. The second-order valence-corrected chi connectivity index (χ2v) is 6.89. The van der Waals surface area contributed by atoms with Crippen molar-refractivity contribution in [1.29, 1.82) is 0 Å². The molecule has 24 heavy (non-hydrogen) atoms. The van der Waals surface area contributed by atoms with Crippen LogP contribution < -0.4 is 0 Å². The van der Waals surface area contributed by atoms with Gasteiger partial charge in [0.05, 0.1) is 19.3 Å². The maximum atomic E-state index is 5.82. The van der Waals surface area contributed by atoms with E-state index in [1.54, 1.807) is 0 Å². The maximum Gasteiger partial charge on any atom is 0.0658 e. The Hall–Kier alpha value is -1.97. The zero-order valence-electron chi connectivity index (χ0n) is 14.2. The van der Waals surface area contributed by atoms with Gasteiger partial charge in [-0.05, 0) is 31.0 Å². The molecular formula is C21H24N2O. The molecule has 0 saturated carbocycles. The van der Waals surface area contributed by atoms with Crippen LogP contribution in [0.25, 0.3) is 0 Å². The van der Waals surface area contributed by atoms with Crippen molar-refractivity contribution >= 4 is 0 Å². The minimum Gasteiger partial charge on any atom is -0.378 e. The van der Waals surface area contributed by atoms with E-state index < -0.39 is 0 Å². The molecule has 0 N–H and O–H groups in total. The number of pyridine rings is 1. The average Bonchev–Trinajstić information content (AvgIpc) is 2.56. The smallest absolute Gasteiger partial charge is 0.0658 e. The average molecular weight is 320 g/mol. The lowest BCUT2D eigenvalue weighted by Gasteiger charge is -2.44. The van der Waals surface area contributed by atoms with E-state index in [0.717, 1.165) is 38.3 Å². The second kappa shape index (κ2) is 6.88. The molecule has 2 bridgehead atoms. The van der Waals surface area contributed by atoms with Crippen molar-refractivity contribution in [3.63, 3.8) is 0 Å². The lowest BCUT2D eigenvalue weighted by atomic mass is 9.91. The van der Waals surface area contributed by atoms with Crippen LogP contribution in [-0.2, 0) is 17.7 Å². The molecule has 1 aromatic heterocycles. The first-order valence-corrected chi connectivity index (χ1v) is 8.77. The van der Waals surface area contributed by atoms with Crippen LogP contribution >= 0.6 is 0 Å². The van der Waals surface area contributed by atoms with Crippen molar-refractivity contribution in [2.24, 2.45) is 0 Å². The SMILES string of the molecule is Cc1cccc(CC2=CC3COCC(C2)N3Cc2ccccc2)n1. The molecule has 2 aromatic rings. The first-order chi connectivity index (χ1) is 11.8. The van der Waals surface area contributed by atoms with Crippen molar-refractivity contribution < 1.29 is 4.74 Å². The molecule has 0 amide bonds. The number of aryl methyl sites for hydroxylation is 1. The molecule has 1 fully saturated rings. The number of hydrogen-bond acceptors (Lipinski definition) is 3. The predicted molar refractivity (Wildman–Crippen MR) is 95.8 cm³/mol. The number of nitrogens with zero attached hydrogens (tertiary/aromatic N) is 2. The molecule has 3 heterocycles. The second-order valence-electron chi connectivity index (χ2n) is 6.89. The number of fused-ring (bicyclic) bond motifs is 2. The van der Waals surface area contributed by atoms with Crippen LogP contribution in [-0.4, -0.2) is 35.2 Å². The number of hydrogen-bond donors (Lipinski definition) is 0. The standard InChI is InChI=1S/C21H24N2O/c1-16-6-5-9-19(22-16)10-18-11-20-14-24-15-21(12-18)23(20)13-17-7-3-2-4-8-17/h2-9,11,20-21H,10,12-15H2,1H3. The maximum absolute atomic E-state index is 5.82. The van der Waals surface area contributed by atoms with Gasteiger partial charge in [-0.2, -0.15) is 0 Å². The monoisotopic (exact) mass is 320 g/mol. The third kappa shape index (κ3) is 3.42. The highest BCUT2D eigenvalue weighted by atomic mass is 16.5. The fourth-order valence-corrected chi connectivity index (χ4v) is 3.85. The van der Waals surface area contributed by atoms with Crippen molar-refractivity contribution in [3.8, 4) is 0 Å². The molecule has 4 rings (SSSR count). The predicted octanol–water partition coefficient (Wildman–Crippen LogP) is 3.53. The first-order valence-electron chi connectivity index (χ1n) is 8.77. The summed E-state index contributed by atoms with van der Waals surface area (Å²) >= 11 is 0. The summed E-state index contributed by atoms with van der Waals surface area (Å²) in [6.07, 6.45) is 4.47. The molecule has 0 spiro atoms. The lowest BCUT2D eigenvalue weighted by Crippen LogP contribution is -2.53. The third-order valence-electron chi connectivity index (χ3n) is 4.98. The van der Waals surface area contributed by atoms with Crippen LogP contribution in [0, 0.1) is 6.92 Å². The summed E-state index contributed by atoms with van der Waals surface area (Å²) in [5, 5.41) is 0. The number of ether oxygens (including phenoxy) is 1.